The maximum Gasteiger partial charge on any atom is 0.165 e. The van der Waals surface area contributed by atoms with Gasteiger partial charge in [0.1, 0.15) is 29.1 Å². The van der Waals surface area contributed by atoms with Gasteiger partial charge in [0.15, 0.2) is 11.5 Å². The summed E-state index contributed by atoms with van der Waals surface area (Å²) >= 11 is 0. The van der Waals surface area contributed by atoms with Crippen LogP contribution < -0.4 is 10.5 Å². The fourth-order valence-electron chi connectivity index (χ4n) is 2.46. The summed E-state index contributed by atoms with van der Waals surface area (Å²) in [7, 11) is 0. The number of nitrogens with two attached hydrogens (primary N) is 1. The van der Waals surface area contributed by atoms with Crippen molar-refractivity contribution in [2.75, 3.05) is 12.3 Å². The highest BCUT2D eigenvalue weighted by Crippen LogP contribution is 2.25. The molecule has 0 aliphatic rings. The molecule has 1 aromatic carbocycles. The lowest BCUT2D eigenvalue weighted by molar-refractivity contribution is 0.300. The first kappa shape index (κ1) is 15.9. The van der Waals surface area contributed by atoms with E-state index in [0.29, 0.717) is 23.7 Å². The molecule has 3 aromatic rings. The highest BCUT2D eigenvalue weighted by Gasteiger charge is 2.07. The molecule has 0 atom stereocenters. The fourth-order valence-corrected chi connectivity index (χ4v) is 2.46. The van der Waals surface area contributed by atoms with Gasteiger partial charge in [0.2, 0.25) is 0 Å². The van der Waals surface area contributed by atoms with E-state index in [-0.39, 0.29) is 11.5 Å². The van der Waals surface area contributed by atoms with Crippen molar-refractivity contribution in [2.45, 2.75) is 25.8 Å². The van der Waals surface area contributed by atoms with E-state index in [2.05, 4.69) is 15.0 Å². The highest BCUT2D eigenvalue weighted by atomic mass is 16.5. The second kappa shape index (κ2) is 7.03. The van der Waals surface area contributed by atoms with Gasteiger partial charge in [-0.3, -0.25) is 0 Å². The van der Waals surface area contributed by atoms with Gasteiger partial charge in [0.25, 0.3) is 0 Å². The van der Waals surface area contributed by atoms with Crippen molar-refractivity contribution < 1.29 is 14.9 Å². The van der Waals surface area contributed by atoms with Crippen LogP contribution in [-0.4, -0.2) is 36.3 Å². The monoisotopic (exact) mass is 329 g/mol. The third-order valence-electron chi connectivity index (χ3n) is 3.62. The van der Waals surface area contributed by atoms with Crippen LogP contribution >= 0.6 is 0 Å². The smallest absolute Gasteiger partial charge is 0.165 e. The molecule has 0 radical (unpaired) electrons. The van der Waals surface area contributed by atoms with E-state index in [4.69, 9.17) is 10.5 Å². The molecule has 0 spiro atoms. The van der Waals surface area contributed by atoms with Crippen LogP contribution in [0.5, 0.6) is 17.2 Å². The summed E-state index contributed by atoms with van der Waals surface area (Å²) in [6, 6.07) is 4.21. The summed E-state index contributed by atoms with van der Waals surface area (Å²) in [6.07, 6.45) is 5.94. The lowest BCUT2D eigenvalue weighted by Crippen LogP contribution is -2.01. The summed E-state index contributed by atoms with van der Waals surface area (Å²) in [6.45, 7) is 1.31. The number of benzene rings is 1. The van der Waals surface area contributed by atoms with Crippen molar-refractivity contribution in [3.8, 4) is 17.2 Å². The van der Waals surface area contributed by atoms with Gasteiger partial charge in [0.05, 0.1) is 12.9 Å². The molecule has 2 heterocycles. The molecule has 0 amide bonds. The first-order chi connectivity index (χ1) is 11.6. The molecule has 0 aliphatic carbocycles. The Bertz CT molecular complexity index is 813. The Kier molecular flexibility index (Phi) is 4.64. The zero-order chi connectivity index (χ0) is 16.9. The van der Waals surface area contributed by atoms with Gasteiger partial charge < -0.3 is 25.3 Å². The molecule has 0 fully saturated rings. The largest absolute Gasteiger partial charge is 0.508 e. The van der Waals surface area contributed by atoms with Gasteiger partial charge >= 0.3 is 0 Å². The Labute approximate surface area is 138 Å². The van der Waals surface area contributed by atoms with Crippen molar-refractivity contribution in [3.05, 3.63) is 30.9 Å². The number of aromatic nitrogens is 4. The maximum atomic E-state index is 9.38. The van der Waals surface area contributed by atoms with Gasteiger partial charge in [-0.05, 0) is 19.3 Å². The number of nitrogens with zero attached hydrogens (tertiary/aromatic N) is 4. The summed E-state index contributed by atoms with van der Waals surface area (Å²) in [5.74, 6) is 0.818. The number of ether oxygens (including phenoxy) is 1. The molecule has 0 bridgehead atoms. The molecule has 3 rings (SSSR count). The molecular weight excluding hydrogens is 310 g/mol. The SMILES string of the molecule is Nc1ncnc2c1ncn2CCCCCOc1cc(O)cc(O)c1. The summed E-state index contributed by atoms with van der Waals surface area (Å²) < 4.78 is 7.47. The first-order valence-electron chi connectivity index (χ1n) is 7.70. The predicted molar refractivity (Wildman–Crippen MR) is 88.9 cm³/mol. The minimum Gasteiger partial charge on any atom is -0.508 e. The average Bonchev–Trinajstić information content (AvgIpc) is 2.94. The Morgan fingerprint density at radius 2 is 1.79 bits per heavy atom. The van der Waals surface area contributed by atoms with Crippen molar-refractivity contribution in [2.24, 2.45) is 0 Å². The van der Waals surface area contributed by atoms with E-state index < -0.39 is 0 Å². The molecule has 0 unspecified atom stereocenters. The highest BCUT2D eigenvalue weighted by molar-refractivity contribution is 5.80. The molecule has 4 N–H and O–H groups in total. The van der Waals surface area contributed by atoms with Crippen molar-refractivity contribution in [3.63, 3.8) is 0 Å². The second-order valence-corrected chi connectivity index (χ2v) is 5.46. The van der Waals surface area contributed by atoms with E-state index in [9.17, 15) is 10.2 Å². The van der Waals surface area contributed by atoms with Crippen LogP contribution in [0.2, 0.25) is 0 Å². The number of phenols is 2. The lowest BCUT2D eigenvalue weighted by atomic mass is 10.2. The Balaban J connectivity index is 1.43. The van der Waals surface area contributed by atoms with E-state index in [1.807, 2.05) is 4.57 Å². The normalized spacial score (nSPS) is 11.0. The van der Waals surface area contributed by atoms with Crippen molar-refractivity contribution >= 4 is 17.0 Å². The van der Waals surface area contributed by atoms with Crippen LogP contribution in [0.15, 0.2) is 30.9 Å². The standard InChI is InChI=1S/C16H19N5O3/c17-15-14-16(19-9-18-15)21(10-20-14)4-2-1-3-5-24-13-7-11(22)6-12(23)8-13/h6-10,22-23H,1-5H2,(H2,17,18,19). The number of nitrogen functional groups attached to an aromatic ring is 1. The molecule has 126 valence electrons. The number of aryl methyl sites for hydroxylation is 1. The average molecular weight is 329 g/mol. The number of hydrogen-bond acceptors (Lipinski definition) is 7. The molecule has 2 aromatic heterocycles. The third kappa shape index (κ3) is 3.65. The minimum atomic E-state index is -0.0155. The Morgan fingerprint density at radius 3 is 2.58 bits per heavy atom. The number of anilines is 1. The number of unbranched alkanes of at least 4 members (excludes halogenated alkanes) is 2. The topological polar surface area (TPSA) is 119 Å². The minimum absolute atomic E-state index is 0.0155. The Hall–Kier alpha value is -3.03. The zero-order valence-electron chi connectivity index (χ0n) is 13.1. The Morgan fingerprint density at radius 1 is 1.00 bits per heavy atom. The van der Waals surface area contributed by atoms with Gasteiger partial charge in [0, 0.05) is 24.7 Å². The molecular formula is C16H19N5O3. The first-order valence-corrected chi connectivity index (χ1v) is 7.70. The van der Waals surface area contributed by atoms with Gasteiger partial charge in [-0.1, -0.05) is 0 Å². The molecule has 8 heteroatoms. The van der Waals surface area contributed by atoms with Crippen molar-refractivity contribution in [1.82, 2.24) is 19.5 Å². The predicted octanol–water partition coefficient (Wildman–Crippen LogP) is 2.07. The number of hydrogen-bond donors (Lipinski definition) is 3. The van der Waals surface area contributed by atoms with Gasteiger partial charge in [-0.15, -0.1) is 0 Å². The van der Waals surface area contributed by atoms with Crippen LogP contribution in [0.1, 0.15) is 19.3 Å². The quantitative estimate of drug-likeness (QED) is 0.568. The molecule has 0 aliphatic heterocycles. The van der Waals surface area contributed by atoms with E-state index in [1.54, 1.807) is 6.33 Å². The van der Waals surface area contributed by atoms with Crippen LogP contribution in [0, 0.1) is 0 Å². The summed E-state index contributed by atoms with van der Waals surface area (Å²) in [5.41, 5.74) is 7.13. The molecule has 0 saturated carbocycles. The lowest BCUT2D eigenvalue weighted by Gasteiger charge is -2.07. The number of imidazole rings is 1. The van der Waals surface area contributed by atoms with Crippen LogP contribution in [-0.2, 0) is 6.54 Å². The number of aromatic hydroxyl groups is 2. The van der Waals surface area contributed by atoms with E-state index in [1.165, 1.54) is 24.5 Å². The van der Waals surface area contributed by atoms with Gasteiger partial charge in [-0.2, -0.15) is 0 Å². The summed E-state index contributed by atoms with van der Waals surface area (Å²) in [5, 5.41) is 18.8. The molecule has 0 saturated heterocycles. The third-order valence-corrected chi connectivity index (χ3v) is 3.62. The molecule has 24 heavy (non-hydrogen) atoms. The second-order valence-electron chi connectivity index (χ2n) is 5.46. The van der Waals surface area contributed by atoms with Gasteiger partial charge in [-0.25, -0.2) is 15.0 Å². The van der Waals surface area contributed by atoms with Crippen LogP contribution in [0.25, 0.3) is 11.2 Å². The fraction of sp³-hybridized carbons (Fsp3) is 0.312. The van der Waals surface area contributed by atoms with Crippen LogP contribution in [0.3, 0.4) is 0 Å². The summed E-state index contributed by atoms with van der Waals surface area (Å²) in [4.78, 5) is 12.4. The molecule has 8 nitrogen and oxygen atoms in total. The number of fused-ring (bicyclic) bond motifs is 1. The van der Waals surface area contributed by atoms with Crippen LogP contribution in [0.4, 0.5) is 5.82 Å². The van der Waals surface area contributed by atoms with Crippen molar-refractivity contribution in [1.29, 1.82) is 0 Å². The maximum absolute atomic E-state index is 9.38. The number of phenolic OH excluding ortho intramolecular Hbond substituents is 2. The van der Waals surface area contributed by atoms with E-state index >= 15 is 0 Å². The number of rotatable bonds is 7. The zero-order valence-corrected chi connectivity index (χ0v) is 13.1. The van der Waals surface area contributed by atoms with E-state index in [0.717, 1.165) is 31.5 Å².